The maximum absolute atomic E-state index is 4.67. The van der Waals surface area contributed by atoms with Gasteiger partial charge in [-0.15, -0.1) is 12.4 Å². The number of para-hydroxylation sites is 1. The van der Waals surface area contributed by atoms with E-state index in [-0.39, 0.29) is 12.4 Å². The Morgan fingerprint density at radius 2 is 2.12 bits per heavy atom. The number of aromatic nitrogens is 2. The predicted octanol–water partition coefficient (Wildman–Crippen LogP) is 3.11. The number of aliphatic imine (C=N–C) groups is 1. The highest BCUT2D eigenvalue weighted by Crippen LogP contribution is 2.26. The lowest BCUT2D eigenvalue weighted by atomic mass is 10.1. The number of thioether (sulfide) groups is 1. The first-order chi connectivity index (χ1) is 7.88. The van der Waals surface area contributed by atoms with Crippen LogP contribution in [0.5, 0.6) is 0 Å². The molecule has 0 N–H and O–H groups in total. The Hall–Kier alpha value is -1.26. The molecule has 3 rings (SSSR count). The molecule has 0 saturated carbocycles. The Bertz CT molecular complexity index is 562. The van der Waals surface area contributed by atoms with E-state index in [4.69, 9.17) is 0 Å². The molecule has 17 heavy (non-hydrogen) atoms. The van der Waals surface area contributed by atoms with Crippen molar-refractivity contribution in [3.05, 3.63) is 48.0 Å². The van der Waals surface area contributed by atoms with E-state index in [1.54, 1.807) is 11.8 Å². The summed E-state index contributed by atoms with van der Waals surface area (Å²) in [6.45, 7) is 0. The van der Waals surface area contributed by atoms with Gasteiger partial charge in [-0.2, -0.15) is 0 Å². The Kier molecular flexibility index (Phi) is 3.54. The number of benzene rings is 1. The average Bonchev–Trinajstić information content (AvgIpc) is 2.70. The number of halogens is 1. The van der Waals surface area contributed by atoms with Crippen molar-refractivity contribution in [2.24, 2.45) is 4.99 Å². The number of nitrogens with zero attached hydrogens (tertiary/aromatic N) is 3. The van der Waals surface area contributed by atoms with E-state index in [9.17, 15) is 0 Å². The average molecular weight is 266 g/mol. The SMILES string of the molecule is CSC1=Nc2ccccc2Cc2nccn21.Cl. The van der Waals surface area contributed by atoms with Crippen LogP contribution in [-0.2, 0) is 6.42 Å². The number of fused-ring (bicyclic) bond motifs is 2. The zero-order chi connectivity index (χ0) is 11.0. The van der Waals surface area contributed by atoms with Gasteiger partial charge in [0.1, 0.15) is 5.82 Å². The molecular formula is C12H12ClN3S. The molecule has 0 bridgehead atoms. The summed E-state index contributed by atoms with van der Waals surface area (Å²) in [6.07, 6.45) is 6.68. The summed E-state index contributed by atoms with van der Waals surface area (Å²) in [4.78, 5) is 9.06. The zero-order valence-electron chi connectivity index (χ0n) is 9.33. The maximum Gasteiger partial charge on any atom is 0.173 e. The van der Waals surface area contributed by atoms with Crippen LogP contribution in [0.4, 0.5) is 5.69 Å². The quantitative estimate of drug-likeness (QED) is 0.733. The van der Waals surface area contributed by atoms with Crippen LogP contribution in [0.15, 0.2) is 41.7 Å². The molecule has 0 unspecified atom stereocenters. The fraction of sp³-hybridized carbons (Fsp3) is 0.167. The second-order valence-corrected chi connectivity index (χ2v) is 4.39. The molecule has 0 aliphatic carbocycles. The first kappa shape index (κ1) is 12.2. The first-order valence-electron chi connectivity index (χ1n) is 5.11. The topological polar surface area (TPSA) is 30.2 Å². The highest BCUT2D eigenvalue weighted by atomic mass is 35.5. The molecule has 1 aromatic carbocycles. The van der Waals surface area contributed by atoms with Gasteiger partial charge in [-0.05, 0) is 17.9 Å². The summed E-state index contributed by atoms with van der Waals surface area (Å²) in [5, 5.41) is 0.984. The Morgan fingerprint density at radius 3 is 2.94 bits per heavy atom. The molecule has 88 valence electrons. The van der Waals surface area contributed by atoms with Crippen molar-refractivity contribution in [2.45, 2.75) is 6.42 Å². The van der Waals surface area contributed by atoms with Crippen molar-refractivity contribution < 1.29 is 0 Å². The van der Waals surface area contributed by atoms with Crippen molar-refractivity contribution >= 4 is 35.0 Å². The minimum atomic E-state index is 0. The third kappa shape index (κ3) is 2.10. The van der Waals surface area contributed by atoms with Crippen LogP contribution in [0, 0.1) is 0 Å². The minimum Gasteiger partial charge on any atom is -0.282 e. The molecule has 0 amide bonds. The van der Waals surface area contributed by atoms with Gasteiger partial charge in [-0.3, -0.25) is 4.57 Å². The van der Waals surface area contributed by atoms with Gasteiger partial charge < -0.3 is 0 Å². The van der Waals surface area contributed by atoms with Gasteiger partial charge in [-0.1, -0.05) is 30.0 Å². The maximum atomic E-state index is 4.67. The molecular weight excluding hydrogens is 254 g/mol. The molecule has 2 heterocycles. The monoisotopic (exact) mass is 265 g/mol. The lowest BCUT2D eigenvalue weighted by molar-refractivity contribution is 0.974. The molecule has 2 aromatic rings. The molecule has 1 aromatic heterocycles. The molecule has 0 fully saturated rings. The van der Waals surface area contributed by atoms with Gasteiger partial charge in [0.25, 0.3) is 0 Å². The summed E-state index contributed by atoms with van der Waals surface area (Å²) < 4.78 is 2.06. The van der Waals surface area contributed by atoms with Crippen LogP contribution in [0.1, 0.15) is 11.4 Å². The highest BCUT2D eigenvalue weighted by Gasteiger charge is 2.15. The van der Waals surface area contributed by atoms with Crippen LogP contribution in [0.25, 0.3) is 0 Å². The van der Waals surface area contributed by atoms with E-state index >= 15 is 0 Å². The van der Waals surface area contributed by atoms with Crippen molar-refractivity contribution in [1.82, 2.24) is 9.55 Å². The molecule has 3 nitrogen and oxygen atoms in total. The van der Waals surface area contributed by atoms with Gasteiger partial charge in [0.15, 0.2) is 5.17 Å². The Morgan fingerprint density at radius 1 is 1.29 bits per heavy atom. The summed E-state index contributed by atoms with van der Waals surface area (Å²) in [6, 6.07) is 8.24. The number of imidazole rings is 1. The predicted molar refractivity (Wildman–Crippen MR) is 74.7 cm³/mol. The van der Waals surface area contributed by atoms with Crippen LogP contribution in [0.3, 0.4) is 0 Å². The number of rotatable bonds is 0. The molecule has 0 radical (unpaired) electrons. The highest BCUT2D eigenvalue weighted by molar-refractivity contribution is 8.13. The van der Waals surface area contributed by atoms with E-state index in [1.165, 1.54) is 5.56 Å². The Labute approximate surface area is 110 Å². The number of hydrogen-bond acceptors (Lipinski definition) is 3. The molecule has 1 aliphatic heterocycles. The largest absolute Gasteiger partial charge is 0.282 e. The van der Waals surface area contributed by atoms with Crippen LogP contribution in [-0.4, -0.2) is 21.0 Å². The van der Waals surface area contributed by atoms with E-state index in [0.29, 0.717) is 0 Å². The first-order valence-corrected chi connectivity index (χ1v) is 6.34. The van der Waals surface area contributed by atoms with Gasteiger partial charge in [0, 0.05) is 18.8 Å². The molecule has 0 spiro atoms. The zero-order valence-corrected chi connectivity index (χ0v) is 11.0. The van der Waals surface area contributed by atoms with Crippen LogP contribution >= 0.6 is 24.2 Å². The van der Waals surface area contributed by atoms with Crippen molar-refractivity contribution in [2.75, 3.05) is 6.26 Å². The van der Waals surface area contributed by atoms with Gasteiger partial charge in [-0.25, -0.2) is 9.98 Å². The van der Waals surface area contributed by atoms with E-state index < -0.39 is 0 Å². The van der Waals surface area contributed by atoms with Crippen molar-refractivity contribution in [1.29, 1.82) is 0 Å². The smallest absolute Gasteiger partial charge is 0.173 e. The fourth-order valence-electron chi connectivity index (χ4n) is 1.88. The second kappa shape index (κ2) is 4.94. The van der Waals surface area contributed by atoms with Crippen LogP contribution < -0.4 is 0 Å². The minimum absolute atomic E-state index is 0. The third-order valence-electron chi connectivity index (χ3n) is 2.66. The van der Waals surface area contributed by atoms with Gasteiger partial charge >= 0.3 is 0 Å². The van der Waals surface area contributed by atoms with E-state index in [1.807, 2.05) is 30.8 Å². The summed E-state index contributed by atoms with van der Waals surface area (Å²) in [7, 11) is 0. The molecule has 0 atom stereocenters. The summed E-state index contributed by atoms with van der Waals surface area (Å²) in [5.74, 6) is 1.05. The Balaban J connectivity index is 0.00000108. The van der Waals surface area contributed by atoms with E-state index in [2.05, 4.69) is 26.7 Å². The fourth-order valence-corrected chi connectivity index (χ4v) is 2.43. The summed E-state index contributed by atoms with van der Waals surface area (Å²) >= 11 is 1.64. The van der Waals surface area contributed by atoms with E-state index in [0.717, 1.165) is 23.1 Å². The van der Waals surface area contributed by atoms with Gasteiger partial charge in [0.05, 0.1) is 5.69 Å². The number of hydrogen-bond donors (Lipinski definition) is 0. The lowest BCUT2D eigenvalue weighted by Gasteiger charge is -2.03. The van der Waals surface area contributed by atoms with Crippen molar-refractivity contribution in [3.8, 4) is 0 Å². The molecule has 5 heteroatoms. The lowest BCUT2D eigenvalue weighted by Crippen LogP contribution is -2.08. The van der Waals surface area contributed by atoms with Gasteiger partial charge in [0.2, 0.25) is 0 Å². The normalized spacial score (nSPS) is 12.9. The summed E-state index contributed by atoms with van der Waals surface area (Å²) in [5.41, 5.74) is 2.29. The van der Waals surface area contributed by atoms with Crippen LogP contribution in [0.2, 0.25) is 0 Å². The molecule has 0 saturated heterocycles. The second-order valence-electron chi connectivity index (χ2n) is 3.62. The standard InChI is InChI=1S/C12H11N3S.ClH/c1-16-12-14-10-5-3-2-4-9(10)8-11-13-6-7-15(11)12;/h2-7H,8H2,1H3;1H. The molecule has 1 aliphatic rings. The third-order valence-corrected chi connectivity index (χ3v) is 3.32. The van der Waals surface area contributed by atoms with Crippen molar-refractivity contribution in [3.63, 3.8) is 0 Å².